The van der Waals surface area contributed by atoms with Gasteiger partial charge in [-0.3, -0.25) is 4.90 Å². The normalized spacial score (nSPS) is 34.1. The van der Waals surface area contributed by atoms with E-state index in [-0.39, 0.29) is 0 Å². The molecule has 2 bridgehead atoms. The average molecular weight is 194 g/mol. The first-order chi connectivity index (χ1) is 6.39. The summed E-state index contributed by atoms with van der Waals surface area (Å²) in [7, 11) is 0. The summed E-state index contributed by atoms with van der Waals surface area (Å²) in [6, 6.07) is 1.21. The first-order valence-corrected chi connectivity index (χ1v) is 5.58. The third kappa shape index (κ3) is 1.51. The molecular weight excluding hydrogens is 172 g/mol. The first kappa shape index (κ1) is 10.2. The highest BCUT2D eigenvalue weighted by Crippen LogP contribution is 2.29. The van der Waals surface area contributed by atoms with Crippen LogP contribution in [0.3, 0.4) is 0 Å². The second-order valence-electron chi connectivity index (χ2n) is 5.71. The molecule has 2 nitrogen and oxygen atoms in total. The second-order valence-corrected chi connectivity index (χ2v) is 5.71. The molecule has 0 radical (unpaired) electrons. The fourth-order valence-electron chi connectivity index (χ4n) is 2.48. The van der Waals surface area contributed by atoms with E-state index in [1.807, 2.05) is 0 Å². The summed E-state index contributed by atoms with van der Waals surface area (Å²) in [6.45, 7) is 13.8. The Balaban J connectivity index is 2.16. The van der Waals surface area contributed by atoms with Crippen molar-refractivity contribution < 1.29 is 0 Å². The van der Waals surface area contributed by atoms with Gasteiger partial charge in [0.25, 0.3) is 0 Å². The summed E-state index contributed by atoms with van der Waals surface area (Å²) < 4.78 is 0. The van der Waals surface area contributed by atoms with E-state index >= 15 is 0 Å². The van der Waals surface area contributed by atoms with E-state index in [0.717, 1.165) is 0 Å². The van der Waals surface area contributed by atoms with Crippen LogP contribution < -0.4 is 5.32 Å². The lowest BCUT2D eigenvalue weighted by molar-refractivity contribution is 0.0951. The largest absolute Gasteiger partial charge is 0.301 e. The zero-order valence-corrected chi connectivity index (χ0v) is 10.0. The number of rotatable bonds is 0. The van der Waals surface area contributed by atoms with Crippen LogP contribution in [0, 0.1) is 0 Å². The minimum absolute atomic E-state index is 0.309. The van der Waals surface area contributed by atoms with Crippen LogP contribution in [0.2, 0.25) is 0 Å². The molecule has 0 aromatic heterocycles. The molecule has 0 spiro atoms. The average Bonchev–Trinajstić information content (AvgIpc) is 2.29. The predicted molar refractivity (Wildman–Crippen MR) is 60.4 cm³/mol. The van der Waals surface area contributed by atoms with Gasteiger partial charge in [0.15, 0.2) is 0 Å². The maximum Gasteiger partial charge on any atom is 0.0414 e. The van der Waals surface area contributed by atoms with Gasteiger partial charge < -0.3 is 5.32 Å². The van der Waals surface area contributed by atoms with E-state index in [1.165, 1.54) is 13.1 Å². The van der Waals surface area contributed by atoms with Crippen LogP contribution in [-0.4, -0.2) is 35.6 Å². The molecule has 14 heavy (non-hydrogen) atoms. The molecule has 80 valence electrons. The van der Waals surface area contributed by atoms with Crippen LogP contribution in [0.5, 0.6) is 0 Å². The van der Waals surface area contributed by atoms with Gasteiger partial charge in [0.2, 0.25) is 0 Å². The van der Waals surface area contributed by atoms with E-state index in [9.17, 15) is 0 Å². The summed E-state index contributed by atoms with van der Waals surface area (Å²) in [5, 5.41) is 3.68. The van der Waals surface area contributed by atoms with Gasteiger partial charge >= 0.3 is 0 Å². The summed E-state index contributed by atoms with van der Waals surface area (Å²) >= 11 is 0. The molecule has 2 atom stereocenters. The molecule has 0 aromatic rings. The van der Waals surface area contributed by atoms with Crippen molar-refractivity contribution in [2.75, 3.05) is 13.1 Å². The number of nitrogens with one attached hydrogen (secondary N) is 1. The Hall–Kier alpha value is -0.340. The first-order valence-electron chi connectivity index (χ1n) is 5.58. The Kier molecular flexibility index (Phi) is 2.24. The maximum absolute atomic E-state index is 3.68. The van der Waals surface area contributed by atoms with E-state index in [1.54, 1.807) is 11.1 Å². The van der Waals surface area contributed by atoms with E-state index < -0.39 is 0 Å². The fourth-order valence-corrected chi connectivity index (χ4v) is 2.48. The minimum atomic E-state index is 0.309. The summed E-state index contributed by atoms with van der Waals surface area (Å²) in [5.41, 5.74) is 3.45. The van der Waals surface area contributed by atoms with Crippen LogP contribution in [0.1, 0.15) is 34.6 Å². The number of fused-ring (bicyclic) bond motifs is 2. The Labute approximate surface area is 87.4 Å². The third-order valence-electron chi connectivity index (χ3n) is 3.82. The minimum Gasteiger partial charge on any atom is -0.301 e. The van der Waals surface area contributed by atoms with E-state index in [4.69, 9.17) is 0 Å². The quantitative estimate of drug-likeness (QED) is 0.591. The molecule has 2 aliphatic rings. The van der Waals surface area contributed by atoms with Crippen LogP contribution >= 0.6 is 0 Å². The molecule has 0 aromatic carbocycles. The van der Waals surface area contributed by atoms with Gasteiger partial charge in [-0.1, -0.05) is 11.1 Å². The predicted octanol–water partition coefficient (Wildman–Crippen LogP) is 1.78. The van der Waals surface area contributed by atoms with Crippen molar-refractivity contribution >= 4 is 0 Å². The van der Waals surface area contributed by atoms with Crippen LogP contribution in [0.15, 0.2) is 11.1 Å². The standard InChI is InChI=1S/C12H22N2/c1-8-9(2)11-7-14(12(3,4)5)6-10(8)13-11/h10-11,13H,6-7H2,1-5H3. The van der Waals surface area contributed by atoms with Crippen molar-refractivity contribution in [1.82, 2.24) is 10.2 Å². The lowest BCUT2D eigenvalue weighted by Crippen LogP contribution is -2.58. The van der Waals surface area contributed by atoms with Gasteiger partial charge in [0, 0.05) is 30.7 Å². The van der Waals surface area contributed by atoms with Crippen LogP contribution in [0.25, 0.3) is 0 Å². The van der Waals surface area contributed by atoms with Crippen LogP contribution in [0.4, 0.5) is 0 Å². The van der Waals surface area contributed by atoms with Crippen molar-refractivity contribution in [3.05, 3.63) is 11.1 Å². The molecule has 2 heterocycles. The van der Waals surface area contributed by atoms with Crippen molar-refractivity contribution in [1.29, 1.82) is 0 Å². The summed E-state index contributed by atoms with van der Waals surface area (Å²) in [4.78, 5) is 2.60. The highest BCUT2D eigenvalue weighted by atomic mass is 15.3. The van der Waals surface area contributed by atoms with Crippen LogP contribution in [-0.2, 0) is 0 Å². The number of nitrogens with zero attached hydrogens (tertiary/aromatic N) is 1. The molecule has 0 aliphatic carbocycles. The lowest BCUT2D eigenvalue weighted by atomic mass is 10.0. The highest BCUT2D eigenvalue weighted by molar-refractivity contribution is 5.31. The van der Waals surface area contributed by atoms with Gasteiger partial charge in [0.1, 0.15) is 0 Å². The molecule has 2 heteroatoms. The Morgan fingerprint density at radius 1 is 1.07 bits per heavy atom. The van der Waals surface area contributed by atoms with Crippen molar-refractivity contribution in [3.8, 4) is 0 Å². The summed E-state index contributed by atoms with van der Waals surface area (Å²) in [5.74, 6) is 0. The van der Waals surface area contributed by atoms with Gasteiger partial charge in [-0.2, -0.15) is 0 Å². The number of hydrogen-bond acceptors (Lipinski definition) is 2. The van der Waals surface area contributed by atoms with Gasteiger partial charge in [0.05, 0.1) is 0 Å². The maximum atomic E-state index is 3.68. The molecule has 1 fully saturated rings. The van der Waals surface area contributed by atoms with Crippen molar-refractivity contribution in [2.24, 2.45) is 0 Å². The second kappa shape index (κ2) is 3.07. The Morgan fingerprint density at radius 2 is 1.50 bits per heavy atom. The molecule has 2 rings (SSSR count). The van der Waals surface area contributed by atoms with Gasteiger partial charge in [-0.25, -0.2) is 0 Å². The molecule has 0 saturated carbocycles. The van der Waals surface area contributed by atoms with Crippen molar-refractivity contribution in [2.45, 2.75) is 52.2 Å². The molecule has 1 N–H and O–H groups in total. The number of piperazine rings is 1. The summed E-state index contributed by atoms with van der Waals surface area (Å²) in [6.07, 6.45) is 0. The van der Waals surface area contributed by atoms with Crippen molar-refractivity contribution in [3.63, 3.8) is 0 Å². The number of hydrogen-bond donors (Lipinski definition) is 1. The van der Waals surface area contributed by atoms with E-state index in [0.29, 0.717) is 17.6 Å². The smallest absolute Gasteiger partial charge is 0.0414 e. The van der Waals surface area contributed by atoms with Gasteiger partial charge in [-0.15, -0.1) is 0 Å². The molecule has 0 amide bonds. The Bertz CT molecular complexity index is 253. The highest BCUT2D eigenvalue weighted by Gasteiger charge is 2.38. The zero-order valence-electron chi connectivity index (χ0n) is 10.0. The van der Waals surface area contributed by atoms with E-state index in [2.05, 4.69) is 44.8 Å². The third-order valence-corrected chi connectivity index (χ3v) is 3.82. The lowest BCUT2D eigenvalue weighted by Gasteiger charge is -2.42. The Morgan fingerprint density at radius 3 is 1.86 bits per heavy atom. The SMILES string of the molecule is CC1=C(C)C2CN(C(C)(C)C)CC1N2. The van der Waals surface area contributed by atoms with Gasteiger partial charge in [-0.05, 0) is 34.6 Å². The monoisotopic (exact) mass is 194 g/mol. The zero-order chi connectivity index (χ0) is 10.5. The molecule has 2 unspecified atom stereocenters. The molecule has 1 saturated heterocycles. The fraction of sp³-hybridized carbons (Fsp3) is 0.833. The topological polar surface area (TPSA) is 15.3 Å². The molecular formula is C12H22N2. The molecule has 2 aliphatic heterocycles.